The molecule has 1 aromatic rings. The average Bonchev–Trinajstić information content (AvgIpc) is 2.64. The van der Waals surface area contributed by atoms with Crippen molar-refractivity contribution in [2.45, 2.75) is 51.8 Å². The fraction of sp³-hybridized carbons (Fsp3) is 0.692. The first-order valence-electron chi connectivity index (χ1n) is 6.14. The third-order valence-electron chi connectivity index (χ3n) is 3.38. The predicted octanol–water partition coefficient (Wildman–Crippen LogP) is 2.32. The summed E-state index contributed by atoms with van der Waals surface area (Å²) in [6.07, 6.45) is 3.29. The zero-order valence-corrected chi connectivity index (χ0v) is 10.1. The minimum atomic E-state index is -0.253. The van der Waals surface area contributed by atoms with E-state index in [0.29, 0.717) is 6.04 Å². The van der Waals surface area contributed by atoms with Gasteiger partial charge in [-0.3, -0.25) is 4.90 Å². The molecule has 0 spiro atoms. The lowest BCUT2D eigenvalue weighted by Gasteiger charge is -2.36. The van der Waals surface area contributed by atoms with Gasteiger partial charge < -0.3 is 9.52 Å². The number of rotatable bonds is 3. The molecule has 1 saturated heterocycles. The summed E-state index contributed by atoms with van der Waals surface area (Å²) in [6.45, 7) is 5.74. The Morgan fingerprint density at radius 3 is 2.94 bits per heavy atom. The summed E-state index contributed by atoms with van der Waals surface area (Å²) >= 11 is 0. The molecular formula is C13H21NO2. The van der Waals surface area contributed by atoms with Crippen molar-refractivity contribution in [1.29, 1.82) is 0 Å². The Bertz CT molecular complexity index is 332. The van der Waals surface area contributed by atoms with Gasteiger partial charge in [-0.05, 0) is 45.4 Å². The van der Waals surface area contributed by atoms with Crippen molar-refractivity contribution in [3.8, 4) is 0 Å². The summed E-state index contributed by atoms with van der Waals surface area (Å²) in [5.41, 5.74) is 0. The van der Waals surface area contributed by atoms with Gasteiger partial charge >= 0.3 is 0 Å². The van der Waals surface area contributed by atoms with E-state index in [1.165, 1.54) is 12.8 Å². The van der Waals surface area contributed by atoms with Crippen LogP contribution in [0.25, 0.3) is 0 Å². The smallest absolute Gasteiger partial charge is 0.118 e. The molecule has 2 atom stereocenters. The minimum absolute atomic E-state index is 0.253. The Balaban J connectivity index is 2.01. The van der Waals surface area contributed by atoms with Crippen LogP contribution in [0.2, 0.25) is 0 Å². The summed E-state index contributed by atoms with van der Waals surface area (Å²) in [5, 5.41) is 9.76. The van der Waals surface area contributed by atoms with Crippen molar-refractivity contribution in [1.82, 2.24) is 4.90 Å². The van der Waals surface area contributed by atoms with Crippen molar-refractivity contribution in [3.63, 3.8) is 0 Å². The van der Waals surface area contributed by atoms with Crippen LogP contribution in [0.4, 0.5) is 0 Å². The van der Waals surface area contributed by atoms with Crippen LogP contribution in [0, 0.1) is 6.92 Å². The van der Waals surface area contributed by atoms with Crippen molar-refractivity contribution in [3.05, 3.63) is 23.7 Å². The Kier molecular flexibility index (Phi) is 3.66. The van der Waals surface area contributed by atoms with Gasteiger partial charge in [0.15, 0.2) is 0 Å². The first-order chi connectivity index (χ1) is 7.66. The van der Waals surface area contributed by atoms with Crippen LogP contribution in [0.5, 0.6) is 0 Å². The van der Waals surface area contributed by atoms with Gasteiger partial charge in [0, 0.05) is 6.04 Å². The summed E-state index contributed by atoms with van der Waals surface area (Å²) in [6, 6.07) is 4.32. The third-order valence-corrected chi connectivity index (χ3v) is 3.38. The van der Waals surface area contributed by atoms with E-state index in [9.17, 15) is 5.11 Å². The molecule has 1 aliphatic heterocycles. The highest BCUT2D eigenvalue weighted by atomic mass is 16.3. The number of furan rings is 1. The summed E-state index contributed by atoms with van der Waals surface area (Å²) in [4.78, 5) is 2.34. The lowest BCUT2D eigenvalue weighted by Crippen LogP contribution is -2.45. The SMILES string of the molecule is Cc1ccc(CN2CCCCC2C(C)O)o1. The second kappa shape index (κ2) is 5.02. The van der Waals surface area contributed by atoms with E-state index in [-0.39, 0.29) is 6.10 Å². The van der Waals surface area contributed by atoms with Crippen molar-refractivity contribution < 1.29 is 9.52 Å². The minimum Gasteiger partial charge on any atom is -0.465 e. The molecule has 1 N–H and O–H groups in total. The molecule has 3 heteroatoms. The number of piperidine rings is 1. The molecular weight excluding hydrogens is 202 g/mol. The van der Waals surface area contributed by atoms with Crippen LogP contribution >= 0.6 is 0 Å². The van der Waals surface area contributed by atoms with Gasteiger partial charge in [-0.1, -0.05) is 6.42 Å². The van der Waals surface area contributed by atoms with E-state index in [2.05, 4.69) is 4.90 Å². The summed E-state index contributed by atoms with van der Waals surface area (Å²) < 4.78 is 5.59. The van der Waals surface area contributed by atoms with Gasteiger partial charge in [-0.25, -0.2) is 0 Å². The van der Waals surface area contributed by atoms with Crippen LogP contribution in [0.3, 0.4) is 0 Å². The van der Waals surface area contributed by atoms with Gasteiger partial charge in [0.2, 0.25) is 0 Å². The quantitative estimate of drug-likeness (QED) is 0.854. The zero-order chi connectivity index (χ0) is 11.5. The largest absolute Gasteiger partial charge is 0.465 e. The lowest BCUT2D eigenvalue weighted by molar-refractivity contribution is 0.0279. The highest BCUT2D eigenvalue weighted by Crippen LogP contribution is 2.22. The Labute approximate surface area is 97.1 Å². The van der Waals surface area contributed by atoms with Gasteiger partial charge in [-0.15, -0.1) is 0 Å². The van der Waals surface area contributed by atoms with Gasteiger partial charge in [0.25, 0.3) is 0 Å². The molecule has 2 rings (SSSR count). The highest BCUT2D eigenvalue weighted by molar-refractivity contribution is 5.05. The maximum absolute atomic E-state index is 9.76. The third kappa shape index (κ3) is 2.66. The maximum atomic E-state index is 9.76. The monoisotopic (exact) mass is 223 g/mol. The van der Waals surface area contributed by atoms with Crippen molar-refractivity contribution >= 4 is 0 Å². The molecule has 1 fully saturated rings. The zero-order valence-electron chi connectivity index (χ0n) is 10.1. The Morgan fingerprint density at radius 2 is 2.31 bits per heavy atom. The van der Waals surface area contributed by atoms with Crippen LogP contribution in [0.15, 0.2) is 16.5 Å². The molecule has 0 aromatic carbocycles. The number of likely N-dealkylation sites (tertiary alicyclic amines) is 1. The molecule has 0 aliphatic carbocycles. The maximum Gasteiger partial charge on any atom is 0.118 e. The lowest BCUT2D eigenvalue weighted by atomic mass is 9.98. The molecule has 0 radical (unpaired) electrons. The van der Waals surface area contributed by atoms with E-state index >= 15 is 0 Å². The summed E-state index contributed by atoms with van der Waals surface area (Å²) in [5.74, 6) is 1.96. The van der Waals surface area contributed by atoms with E-state index in [1.54, 1.807) is 0 Å². The molecule has 0 saturated carbocycles. The summed E-state index contributed by atoms with van der Waals surface area (Å²) in [7, 11) is 0. The number of aliphatic hydroxyl groups excluding tert-OH is 1. The highest BCUT2D eigenvalue weighted by Gasteiger charge is 2.26. The van der Waals surface area contributed by atoms with Gasteiger partial charge in [-0.2, -0.15) is 0 Å². The van der Waals surface area contributed by atoms with E-state index in [4.69, 9.17) is 4.42 Å². The number of hydrogen-bond donors (Lipinski definition) is 1. The van der Waals surface area contributed by atoms with E-state index in [0.717, 1.165) is 31.0 Å². The molecule has 16 heavy (non-hydrogen) atoms. The molecule has 0 amide bonds. The number of aryl methyl sites for hydroxylation is 1. The van der Waals surface area contributed by atoms with Gasteiger partial charge in [0.1, 0.15) is 11.5 Å². The molecule has 1 aromatic heterocycles. The number of aliphatic hydroxyl groups is 1. The van der Waals surface area contributed by atoms with Crippen LogP contribution < -0.4 is 0 Å². The topological polar surface area (TPSA) is 36.6 Å². The van der Waals surface area contributed by atoms with Crippen LogP contribution in [0.1, 0.15) is 37.7 Å². The normalized spacial score (nSPS) is 24.6. The fourth-order valence-corrected chi connectivity index (χ4v) is 2.53. The standard InChI is InChI=1S/C13H21NO2/c1-10-6-7-12(16-10)9-14-8-4-3-5-13(14)11(2)15/h6-7,11,13,15H,3-5,8-9H2,1-2H3. The van der Waals surface area contributed by atoms with Crippen LogP contribution in [-0.4, -0.2) is 28.7 Å². The second-order valence-electron chi connectivity index (χ2n) is 4.79. The number of nitrogens with zero attached hydrogens (tertiary/aromatic N) is 1. The first kappa shape index (κ1) is 11.7. The Hall–Kier alpha value is -0.800. The van der Waals surface area contributed by atoms with Crippen molar-refractivity contribution in [2.24, 2.45) is 0 Å². The van der Waals surface area contributed by atoms with Crippen LogP contribution in [-0.2, 0) is 6.54 Å². The van der Waals surface area contributed by atoms with E-state index < -0.39 is 0 Å². The molecule has 3 nitrogen and oxygen atoms in total. The molecule has 1 aliphatic rings. The van der Waals surface area contributed by atoms with E-state index in [1.807, 2.05) is 26.0 Å². The molecule has 90 valence electrons. The molecule has 2 heterocycles. The second-order valence-corrected chi connectivity index (χ2v) is 4.79. The predicted molar refractivity (Wildman–Crippen MR) is 63.2 cm³/mol. The molecule has 0 bridgehead atoms. The number of hydrogen-bond acceptors (Lipinski definition) is 3. The molecule has 2 unspecified atom stereocenters. The first-order valence-corrected chi connectivity index (χ1v) is 6.14. The van der Waals surface area contributed by atoms with Gasteiger partial charge in [0.05, 0.1) is 12.6 Å². The average molecular weight is 223 g/mol. The fourth-order valence-electron chi connectivity index (χ4n) is 2.53. The Morgan fingerprint density at radius 1 is 1.50 bits per heavy atom. The van der Waals surface area contributed by atoms with Crippen molar-refractivity contribution in [2.75, 3.05) is 6.54 Å².